The Bertz CT molecular complexity index is 796. The Hall–Kier alpha value is -2.57. The van der Waals surface area contributed by atoms with Crippen LogP contribution in [0.25, 0.3) is 0 Å². The lowest BCUT2D eigenvalue weighted by molar-refractivity contribution is -0.129. The number of amides is 3. The Morgan fingerprint density at radius 3 is 2.32 bits per heavy atom. The third kappa shape index (κ3) is 4.71. The summed E-state index contributed by atoms with van der Waals surface area (Å²) >= 11 is 11.9. The molecular weight excluding hydrogens is 367 g/mol. The van der Waals surface area contributed by atoms with Crippen LogP contribution in [-0.4, -0.2) is 25.0 Å². The molecule has 0 bridgehead atoms. The molecule has 130 valence electrons. The van der Waals surface area contributed by atoms with E-state index in [1.54, 1.807) is 30.3 Å². The molecule has 0 spiro atoms. The first-order valence-electron chi connectivity index (χ1n) is 7.16. The number of carbonyl (C=O) groups is 3. The maximum Gasteiger partial charge on any atom is 0.340 e. The van der Waals surface area contributed by atoms with Gasteiger partial charge in [0.05, 0.1) is 15.6 Å². The van der Waals surface area contributed by atoms with Crippen LogP contribution >= 0.6 is 23.2 Å². The van der Waals surface area contributed by atoms with Crippen molar-refractivity contribution in [2.24, 2.45) is 0 Å². The number of nitrogens with one attached hydrogen (secondary N) is 2. The molecule has 3 amide bonds. The van der Waals surface area contributed by atoms with Crippen molar-refractivity contribution in [1.82, 2.24) is 10.6 Å². The lowest BCUT2D eigenvalue weighted by atomic mass is 10.1. The Morgan fingerprint density at radius 2 is 1.68 bits per heavy atom. The van der Waals surface area contributed by atoms with Gasteiger partial charge >= 0.3 is 12.0 Å². The fourth-order valence-electron chi connectivity index (χ4n) is 1.97. The molecule has 0 aliphatic heterocycles. The number of imide groups is 1. The van der Waals surface area contributed by atoms with E-state index in [0.29, 0.717) is 5.56 Å². The number of hydrogen-bond acceptors (Lipinski definition) is 4. The van der Waals surface area contributed by atoms with Gasteiger partial charge in [-0.3, -0.25) is 10.1 Å². The Labute approximate surface area is 154 Å². The molecular formula is C17H14Cl2N2O4. The fraction of sp³-hybridized carbons (Fsp3) is 0.118. The largest absolute Gasteiger partial charge is 0.444 e. The van der Waals surface area contributed by atoms with E-state index in [0.717, 1.165) is 0 Å². The molecule has 0 heterocycles. The minimum absolute atomic E-state index is 0.0165. The second-order valence-corrected chi connectivity index (χ2v) is 5.65. The highest BCUT2D eigenvalue weighted by Crippen LogP contribution is 2.28. The predicted octanol–water partition coefficient (Wildman–Crippen LogP) is 3.35. The van der Waals surface area contributed by atoms with Crippen LogP contribution in [0.4, 0.5) is 4.79 Å². The molecule has 0 aliphatic rings. The Morgan fingerprint density at radius 1 is 1.00 bits per heavy atom. The van der Waals surface area contributed by atoms with Crippen LogP contribution in [0.1, 0.15) is 22.0 Å². The topological polar surface area (TPSA) is 84.5 Å². The molecule has 1 unspecified atom stereocenters. The van der Waals surface area contributed by atoms with Gasteiger partial charge in [-0.25, -0.2) is 9.59 Å². The number of halogens is 2. The van der Waals surface area contributed by atoms with Gasteiger partial charge in [0, 0.05) is 12.6 Å². The number of urea groups is 1. The van der Waals surface area contributed by atoms with Crippen molar-refractivity contribution in [3.8, 4) is 0 Å². The first-order valence-corrected chi connectivity index (χ1v) is 7.92. The van der Waals surface area contributed by atoms with Gasteiger partial charge in [0.25, 0.3) is 5.91 Å². The van der Waals surface area contributed by atoms with Crippen molar-refractivity contribution in [2.75, 3.05) is 7.05 Å². The van der Waals surface area contributed by atoms with E-state index >= 15 is 0 Å². The zero-order valence-corrected chi connectivity index (χ0v) is 14.6. The number of carbonyl (C=O) groups excluding carboxylic acids is 3. The summed E-state index contributed by atoms with van der Waals surface area (Å²) in [6, 6.07) is 12.1. The summed E-state index contributed by atoms with van der Waals surface area (Å²) < 4.78 is 5.29. The molecule has 0 saturated carbocycles. The SMILES string of the molecule is CNC(=O)NC(=O)C(OC(=O)c1cccc(Cl)c1Cl)c1ccccc1. The van der Waals surface area contributed by atoms with Crippen LogP contribution in [0.2, 0.25) is 10.0 Å². The molecule has 0 saturated heterocycles. The van der Waals surface area contributed by atoms with Gasteiger partial charge in [0.2, 0.25) is 6.10 Å². The molecule has 25 heavy (non-hydrogen) atoms. The van der Waals surface area contributed by atoms with Crippen molar-refractivity contribution in [3.63, 3.8) is 0 Å². The van der Waals surface area contributed by atoms with Crippen molar-refractivity contribution < 1.29 is 19.1 Å². The molecule has 0 aliphatic carbocycles. The van der Waals surface area contributed by atoms with Gasteiger partial charge in [0.1, 0.15) is 0 Å². The highest BCUT2D eigenvalue weighted by Gasteiger charge is 2.28. The number of ether oxygens (including phenoxy) is 1. The molecule has 2 rings (SSSR count). The van der Waals surface area contributed by atoms with E-state index < -0.39 is 24.0 Å². The number of benzene rings is 2. The molecule has 0 radical (unpaired) electrons. The molecule has 0 aromatic heterocycles. The van der Waals surface area contributed by atoms with E-state index in [1.165, 1.54) is 25.2 Å². The summed E-state index contributed by atoms with van der Waals surface area (Å²) in [6.07, 6.45) is -1.33. The van der Waals surface area contributed by atoms with Crippen LogP contribution in [0.5, 0.6) is 0 Å². The highest BCUT2D eigenvalue weighted by atomic mass is 35.5. The quantitative estimate of drug-likeness (QED) is 0.796. The molecule has 0 fully saturated rings. The summed E-state index contributed by atoms with van der Waals surface area (Å²) in [5.41, 5.74) is 0.415. The summed E-state index contributed by atoms with van der Waals surface area (Å²) in [4.78, 5) is 36.1. The van der Waals surface area contributed by atoms with Crippen LogP contribution in [0.15, 0.2) is 48.5 Å². The standard InChI is InChI=1S/C17H14Cl2N2O4/c1-20-17(24)21-15(22)14(10-6-3-2-4-7-10)25-16(23)11-8-5-9-12(18)13(11)19/h2-9,14H,1H3,(H2,20,21,22,24). The highest BCUT2D eigenvalue weighted by molar-refractivity contribution is 6.43. The fourth-order valence-corrected chi connectivity index (χ4v) is 2.35. The molecule has 2 N–H and O–H groups in total. The second-order valence-electron chi connectivity index (χ2n) is 4.87. The van der Waals surface area contributed by atoms with Gasteiger partial charge in [-0.2, -0.15) is 0 Å². The molecule has 2 aromatic rings. The Balaban J connectivity index is 2.30. The number of esters is 1. The van der Waals surface area contributed by atoms with E-state index in [1.807, 2.05) is 0 Å². The normalized spacial score (nSPS) is 11.3. The molecule has 6 nitrogen and oxygen atoms in total. The summed E-state index contributed by atoms with van der Waals surface area (Å²) in [5, 5.41) is 4.54. The molecule has 8 heteroatoms. The van der Waals surface area contributed by atoms with Gasteiger partial charge in [0.15, 0.2) is 0 Å². The smallest absolute Gasteiger partial charge is 0.340 e. The van der Waals surface area contributed by atoms with Gasteiger partial charge in [-0.05, 0) is 12.1 Å². The van der Waals surface area contributed by atoms with Crippen molar-refractivity contribution in [2.45, 2.75) is 6.10 Å². The van der Waals surface area contributed by atoms with Crippen molar-refractivity contribution in [3.05, 3.63) is 69.7 Å². The van der Waals surface area contributed by atoms with Gasteiger partial charge in [-0.15, -0.1) is 0 Å². The average molecular weight is 381 g/mol. The van der Waals surface area contributed by atoms with Crippen molar-refractivity contribution >= 4 is 41.1 Å². The predicted molar refractivity (Wildman–Crippen MR) is 93.7 cm³/mol. The maximum absolute atomic E-state index is 12.4. The van der Waals surface area contributed by atoms with E-state index in [-0.39, 0.29) is 15.6 Å². The zero-order chi connectivity index (χ0) is 18.4. The third-order valence-corrected chi connectivity index (χ3v) is 4.02. The second kappa shape index (κ2) is 8.50. The Kier molecular flexibility index (Phi) is 6.38. The van der Waals surface area contributed by atoms with Crippen LogP contribution in [0.3, 0.4) is 0 Å². The van der Waals surface area contributed by atoms with Crippen LogP contribution < -0.4 is 10.6 Å². The van der Waals surface area contributed by atoms with Gasteiger partial charge < -0.3 is 10.1 Å². The van der Waals surface area contributed by atoms with Gasteiger partial charge in [-0.1, -0.05) is 59.6 Å². The zero-order valence-electron chi connectivity index (χ0n) is 13.1. The lowest BCUT2D eigenvalue weighted by Crippen LogP contribution is -2.41. The van der Waals surface area contributed by atoms with E-state index in [2.05, 4.69) is 10.6 Å². The van der Waals surface area contributed by atoms with Crippen molar-refractivity contribution in [1.29, 1.82) is 0 Å². The number of hydrogen-bond donors (Lipinski definition) is 2. The number of rotatable bonds is 4. The van der Waals surface area contributed by atoms with E-state index in [9.17, 15) is 14.4 Å². The average Bonchev–Trinajstić information content (AvgIpc) is 2.62. The lowest BCUT2D eigenvalue weighted by Gasteiger charge is -2.18. The van der Waals surface area contributed by atoms with Crippen LogP contribution in [0, 0.1) is 0 Å². The first kappa shape index (κ1) is 18.8. The van der Waals surface area contributed by atoms with Crippen LogP contribution in [-0.2, 0) is 9.53 Å². The summed E-state index contributed by atoms with van der Waals surface area (Å²) in [6.45, 7) is 0. The summed E-state index contributed by atoms with van der Waals surface area (Å²) in [7, 11) is 1.36. The maximum atomic E-state index is 12.4. The van der Waals surface area contributed by atoms with E-state index in [4.69, 9.17) is 27.9 Å². The summed E-state index contributed by atoms with van der Waals surface area (Å²) in [5.74, 6) is -1.63. The monoisotopic (exact) mass is 380 g/mol. The molecule has 1 atom stereocenters. The minimum Gasteiger partial charge on any atom is -0.444 e. The minimum atomic E-state index is -1.33. The first-order chi connectivity index (χ1) is 11.9. The molecule has 2 aromatic carbocycles. The third-order valence-electron chi connectivity index (χ3n) is 3.20.